The van der Waals surface area contributed by atoms with Gasteiger partial charge in [-0.3, -0.25) is 9.52 Å². The van der Waals surface area contributed by atoms with Crippen molar-refractivity contribution in [3.8, 4) is 0 Å². The number of nitrogens with one attached hydrogen (secondary N) is 1. The maximum absolute atomic E-state index is 13.0. The number of ketones is 1. The third-order valence-corrected chi connectivity index (χ3v) is 6.92. The maximum Gasteiger partial charge on any atom is 0.261 e. The molecule has 10 heteroatoms. The number of halogens is 2. The Hall–Kier alpha value is -2.39. The van der Waals surface area contributed by atoms with E-state index in [9.17, 15) is 21.6 Å². The first-order valence-electron chi connectivity index (χ1n) is 8.71. The normalized spacial score (nSPS) is 12.7. The highest BCUT2D eigenvalue weighted by molar-refractivity contribution is 7.92. The summed E-state index contributed by atoms with van der Waals surface area (Å²) < 4.78 is 51.2. The van der Waals surface area contributed by atoms with E-state index in [4.69, 9.17) is 23.2 Å². The molecule has 164 valence electrons. The SMILES string of the molecule is C=C(Cl)/C=C\C(=C/C)C(=O)c1cc(Cl)ccc1NS(=O)(=O)c1ccc(S(C)(=O)=O)cc1. The van der Waals surface area contributed by atoms with E-state index in [0.29, 0.717) is 0 Å². The van der Waals surface area contributed by atoms with Crippen LogP contribution >= 0.6 is 23.2 Å². The Kier molecular flexibility index (Phi) is 7.88. The first-order chi connectivity index (χ1) is 14.3. The summed E-state index contributed by atoms with van der Waals surface area (Å²) >= 11 is 11.7. The number of carbonyl (C=O) groups excluding carboxylic acids is 1. The summed E-state index contributed by atoms with van der Waals surface area (Å²) in [6, 6.07) is 8.88. The van der Waals surface area contributed by atoms with E-state index in [0.717, 1.165) is 6.26 Å². The standard InChI is InChI=1S/C21H19Cl2NO5S2/c1-4-15(6-5-14(2)22)21(25)19-13-16(23)7-12-20(19)24-31(28,29)18-10-8-17(9-11-18)30(3,26)27/h4-13,24H,2H2,1,3H3/b6-5-,15-4+. The van der Waals surface area contributed by atoms with Gasteiger partial charge in [-0.1, -0.05) is 35.9 Å². The third kappa shape index (κ3) is 6.54. The summed E-state index contributed by atoms with van der Waals surface area (Å²) in [7, 11) is -7.59. The van der Waals surface area contributed by atoms with E-state index in [1.807, 2.05) is 0 Å². The monoisotopic (exact) mass is 499 g/mol. The minimum Gasteiger partial charge on any atom is -0.289 e. The van der Waals surface area contributed by atoms with Crippen LogP contribution in [0.5, 0.6) is 0 Å². The number of Topliss-reactive ketones (excluding diaryl/α,β-unsaturated/α-hetero) is 1. The average Bonchev–Trinajstić information content (AvgIpc) is 2.68. The molecule has 0 atom stereocenters. The van der Waals surface area contributed by atoms with Gasteiger partial charge in [-0.25, -0.2) is 16.8 Å². The van der Waals surface area contributed by atoms with Crippen LogP contribution in [-0.2, 0) is 19.9 Å². The minimum absolute atomic E-state index is 0.0130. The van der Waals surface area contributed by atoms with Gasteiger partial charge >= 0.3 is 0 Å². The lowest BCUT2D eigenvalue weighted by atomic mass is 10.0. The van der Waals surface area contributed by atoms with E-state index in [1.54, 1.807) is 13.0 Å². The summed E-state index contributed by atoms with van der Waals surface area (Å²) in [6.45, 7) is 5.16. The number of sulfonamides is 1. The number of allylic oxidation sites excluding steroid dienone is 5. The zero-order valence-electron chi connectivity index (χ0n) is 16.6. The highest BCUT2D eigenvalue weighted by Crippen LogP contribution is 2.27. The van der Waals surface area contributed by atoms with Crippen molar-refractivity contribution in [3.05, 3.63) is 88.5 Å². The smallest absolute Gasteiger partial charge is 0.261 e. The van der Waals surface area contributed by atoms with E-state index < -0.39 is 25.6 Å². The molecule has 0 aliphatic carbocycles. The Morgan fingerprint density at radius 1 is 1.00 bits per heavy atom. The fourth-order valence-electron chi connectivity index (χ4n) is 2.50. The number of carbonyl (C=O) groups is 1. The second-order valence-electron chi connectivity index (χ2n) is 6.39. The van der Waals surface area contributed by atoms with Crippen LogP contribution in [0.2, 0.25) is 5.02 Å². The van der Waals surface area contributed by atoms with Crippen molar-refractivity contribution in [1.82, 2.24) is 0 Å². The van der Waals surface area contributed by atoms with Gasteiger partial charge in [-0.15, -0.1) is 0 Å². The molecular weight excluding hydrogens is 481 g/mol. The van der Waals surface area contributed by atoms with Gasteiger partial charge in [0.25, 0.3) is 10.0 Å². The molecule has 6 nitrogen and oxygen atoms in total. The van der Waals surface area contributed by atoms with Gasteiger partial charge < -0.3 is 0 Å². The summed E-state index contributed by atoms with van der Waals surface area (Å²) in [5.74, 6) is -0.482. The topological polar surface area (TPSA) is 97.4 Å². The lowest BCUT2D eigenvalue weighted by Crippen LogP contribution is -2.16. The van der Waals surface area contributed by atoms with Crippen LogP contribution in [0.4, 0.5) is 5.69 Å². The molecule has 0 spiro atoms. The van der Waals surface area contributed by atoms with E-state index in [2.05, 4.69) is 11.3 Å². The number of hydrogen-bond acceptors (Lipinski definition) is 5. The highest BCUT2D eigenvalue weighted by Gasteiger charge is 2.21. The molecule has 1 N–H and O–H groups in total. The van der Waals surface area contributed by atoms with Crippen molar-refractivity contribution in [3.63, 3.8) is 0 Å². The molecule has 0 heterocycles. The number of sulfone groups is 1. The molecule has 0 aromatic heterocycles. The average molecular weight is 500 g/mol. The van der Waals surface area contributed by atoms with E-state index in [1.165, 1.54) is 54.6 Å². The van der Waals surface area contributed by atoms with Crippen molar-refractivity contribution in [2.45, 2.75) is 16.7 Å². The van der Waals surface area contributed by atoms with E-state index >= 15 is 0 Å². The van der Waals surface area contributed by atoms with Gasteiger partial charge in [-0.2, -0.15) is 0 Å². The first kappa shape index (κ1) is 24.9. The molecule has 0 saturated carbocycles. The number of anilines is 1. The summed E-state index contributed by atoms with van der Waals surface area (Å²) in [5, 5.41) is 0.460. The Labute approximate surface area is 191 Å². The van der Waals surface area contributed by atoms with Gasteiger partial charge in [-0.05, 0) is 61.5 Å². The predicted octanol–water partition coefficient (Wildman–Crippen LogP) is 4.98. The lowest BCUT2D eigenvalue weighted by Gasteiger charge is -2.13. The van der Waals surface area contributed by atoms with Gasteiger partial charge in [0.2, 0.25) is 0 Å². The summed E-state index contributed by atoms with van der Waals surface area (Å²) in [4.78, 5) is 12.8. The van der Waals surface area contributed by atoms with Crippen molar-refractivity contribution in [1.29, 1.82) is 0 Å². The molecule has 0 unspecified atom stereocenters. The molecular formula is C21H19Cl2NO5S2. The Balaban J connectivity index is 2.46. The molecule has 0 aliphatic rings. The quantitative estimate of drug-likeness (QED) is 0.313. The van der Waals surface area contributed by atoms with Crippen LogP contribution < -0.4 is 4.72 Å². The Bertz CT molecular complexity index is 1290. The number of benzene rings is 2. The molecule has 2 rings (SSSR count). The van der Waals surface area contributed by atoms with Crippen molar-refractivity contribution in [2.75, 3.05) is 11.0 Å². The first-order valence-corrected chi connectivity index (χ1v) is 12.8. The van der Waals surface area contributed by atoms with Crippen LogP contribution in [-0.4, -0.2) is 28.9 Å². The molecule has 0 bridgehead atoms. The molecule has 0 saturated heterocycles. The fraction of sp³-hybridized carbons (Fsp3) is 0.0952. The molecule has 0 fully saturated rings. The van der Waals surface area contributed by atoms with Crippen molar-refractivity contribution in [2.24, 2.45) is 0 Å². The maximum atomic E-state index is 13.0. The Morgan fingerprint density at radius 3 is 2.10 bits per heavy atom. The number of hydrogen-bond donors (Lipinski definition) is 1. The molecule has 0 radical (unpaired) electrons. The molecule has 0 amide bonds. The fourth-order valence-corrected chi connectivity index (χ4v) is 4.45. The summed E-state index contributed by atoms with van der Waals surface area (Å²) in [6.07, 6.45) is 5.46. The predicted molar refractivity (Wildman–Crippen MR) is 124 cm³/mol. The van der Waals surface area contributed by atoms with Gasteiger partial charge in [0.05, 0.1) is 15.5 Å². The molecule has 0 aliphatic heterocycles. The van der Waals surface area contributed by atoms with Crippen LogP contribution in [0, 0.1) is 0 Å². The zero-order chi connectivity index (χ0) is 23.4. The van der Waals surface area contributed by atoms with Gasteiger partial charge in [0.1, 0.15) is 0 Å². The minimum atomic E-state index is -4.12. The molecule has 2 aromatic carbocycles. The largest absolute Gasteiger partial charge is 0.289 e. The van der Waals surface area contributed by atoms with E-state index in [-0.39, 0.29) is 36.7 Å². The zero-order valence-corrected chi connectivity index (χ0v) is 19.7. The second kappa shape index (κ2) is 9.82. The molecule has 31 heavy (non-hydrogen) atoms. The lowest BCUT2D eigenvalue weighted by molar-refractivity contribution is 0.103. The Morgan fingerprint density at radius 2 is 1.58 bits per heavy atom. The van der Waals surface area contributed by atoms with Crippen LogP contribution in [0.1, 0.15) is 17.3 Å². The van der Waals surface area contributed by atoms with Crippen LogP contribution in [0.25, 0.3) is 0 Å². The second-order valence-corrected chi connectivity index (χ2v) is 11.0. The molecule has 2 aromatic rings. The van der Waals surface area contributed by atoms with Crippen LogP contribution in [0.15, 0.2) is 87.7 Å². The van der Waals surface area contributed by atoms with Crippen molar-refractivity contribution >= 4 is 54.5 Å². The van der Waals surface area contributed by atoms with Crippen LogP contribution in [0.3, 0.4) is 0 Å². The van der Waals surface area contributed by atoms with Gasteiger partial charge in [0, 0.05) is 27.4 Å². The highest BCUT2D eigenvalue weighted by atomic mass is 35.5. The van der Waals surface area contributed by atoms with Crippen molar-refractivity contribution < 1.29 is 21.6 Å². The number of rotatable bonds is 8. The van der Waals surface area contributed by atoms with Gasteiger partial charge in [0.15, 0.2) is 15.6 Å². The third-order valence-electron chi connectivity index (χ3n) is 4.05. The summed E-state index contributed by atoms with van der Waals surface area (Å²) in [5.41, 5.74) is 0.294.